The standard InChI is InChI=1S/C20H23N7O2/c1-13-20-16(26(2)12-18(28)25-20)7-17(24-13)22-8-15-9-23-27(11-15)10-14-4-5-21-19(6-14)29-3/h4-7,9,11H,8,10,12H2,1-3H3,(H,22,24)(H,25,28). The summed E-state index contributed by atoms with van der Waals surface area (Å²) in [5.74, 6) is 1.33. The zero-order valence-corrected chi connectivity index (χ0v) is 16.6. The number of aromatic nitrogens is 4. The third-order valence-corrected chi connectivity index (χ3v) is 4.75. The first-order chi connectivity index (χ1) is 14.0. The van der Waals surface area contributed by atoms with Gasteiger partial charge in [-0.05, 0) is 18.6 Å². The summed E-state index contributed by atoms with van der Waals surface area (Å²) in [6, 6.07) is 5.79. The Labute approximate surface area is 168 Å². The number of carbonyl (C=O) groups excluding carboxylic acids is 1. The number of hydrogen-bond donors (Lipinski definition) is 2. The minimum atomic E-state index is -0.0233. The highest BCUT2D eigenvalue weighted by molar-refractivity contribution is 6.02. The molecule has 1 amide bonds. The number of ether oxygens (including phenoxy) is 1. The van der Waals surface area contributed by atoms with E-state index in [1.807, 2.05) is 54.1 Å². The number of pyridine rings is 2. The van der Waals surface area contributed by atoms with Gasteiger partial charge in [0.15, 0.2) is 0 Å². The highest BCUT2D eigenvalue weighted by Crippen LogP contribution is 2.32. The van der Waals surface area contributed by atoms with Gasteiger partial charge in [0.2, 0.25) is 11.8 Å². The number of rotatable bonds is 6. The first-order valence-corrected chi connectivity index (χ1v) is 9.28. The van der Waals surface area contributed by atoms with Crippen LogP contribution in [0.15, 0.2) is 36.8 Å². The number of hydrogen-bond acceptors (Lipinski definition) is 7. The molecule has 2 N–H and O–H groups in total. The van der Waals surface area contributed by atoms with E-state index in [0.29, 0.717) is 25.5 Å². The van der Waals surface area contributed by atoms with Crippen molar-refractivity contribution in [2.75, 3.05) is 36.2 Å². The molecule has 0 bridgehead atoms. The van der Waals surface area contributed by atoms with Crippen LogP contribution in [0.5, 0.6) is 5.88 Å². The van der Waals surface area contributed by atoms with Gasteiger partial charge in [0.05, 0.1) is 43.5 Å². The molecule has 0 fully saturated rings. The SMILES string of the molecule is COc1cc(Cn2cc(CNc3cc4c(c(C)n3)NC(=O)CN4C)cn2)ccn1. The Kier molecular flexibility index (Phi) is 5.03. The lowest BCUT2D eigenvalue weighted by molar-refractivity contribution is -0.115. The monoisotopic (exact) mass is 393 g/mol. The van der Waals surface area contributed by atoms with Crippen molar-refractivity contribution in [3.63, 3.8) is 0 Å². The Hall–Kier alpha value is -3.62. The minimum Gasteiger partial charge on any atom is -0.481 e. The Balaban J connectivity index is 1.43. The molecule has 1 aliphatic rings. The summed E-state index contributed by atoms with van der Waals surface area (Å²) in [4.78, 5) is 22.3. The van der Waals surface area contributed by atoms with Crippen LogP contribution in [0.4, 0.5) is 17.2 Å². The van der Waals surface area contributed by atoms with Crippen LogP contribution in [0.25, 0.3) is 0 Å². The highest BCUT2D eigenvalue weighted by atomic mass is 16.5. The summed E-state index contributed by atoms with van der Waals surface area (Å²) in [5, 5.41) is 10.7. The molecule has 9 nitrogen and oxygen atoms in total. The van der Waals surface area contributed by atoms with Crippen LogP contribution in [-0.2, 0) is 17.9 Å². The van der Waals surface area contributed by atoms with Crippen LogP contribution in [0.1, 0.15) is 16.8 Å². The van der Waals surface area contributed by atoms with Gasteiger partial charge in [0.25, 0.3) is 0 Å². The molecule has 1 aliphatic heterocycles. The van der Waals surface area contributed by atoms with E-state index in [1.165, 1.54) is 0 Å². The van der Waals surface area contributed by atoms with Crippen LogP contribution < -0.4 is 20.3 Å². The first kappa shape index (κ1) is 18.7. The molecule has 4 rings (SSSR count). The number of nitrogens with one attached hydrogen (secondary N) is 2. The van der Waals surface area contributed by atoms with Gasteiger partial charge < -0.3 is 20.3 Å². The van der Waals surface area contributed by atoms with Crippen molar-refractivity contribution >= 4 is 23.1 Å². The largest absolute Gasteiger partial charge is 0.481 e. The normalized spacial score (nSPS) is 13.1. The molecule has 0 spiro atoms. The van der Waals surface area contributed by atoms with E-state index >= 15 is 0 Å². The molecule has 0 saturated heterocycles. The van der Waals surface area contributed by atoms with E-state index in [4.69, 9.17) is 4.74 Å². The lowest BCUT2D eigenvalue weighted by Crippen LogP contribution is -2.36. The Morgan fingerprint density at radius 3 is 3.00 bits per heavy atom. The summed E-state index contributed by atoms with van der Waals surface area (Å²) in [7, 11) is 3.50. The van der Waals surface area contributed by atoms with Crippen molar-refractivity contribution < 1.29 is 9.53 Å². The zero-order chi connectivity index (χ0) is 20.4. The molecule has 3 aromatic rings. The van der Waals surface area contributed by atoms with Gasteiger partial charge in [0, 0.05) is 43.7 Å². The Morgan fingerprint density at radius 1 is 1.31 bits per heavy atom. The summed E-state index contributed by atoms with van der Waals surface area (Å²) >= 11 is 0. The maximum absolute atomic E-state index is 11.7. The maximum Gasteiger partial charge on any atom is 0.243 e. The second-order valence-corrected chi connectivity index (χ2v) is 7.00. The van der Waals surface area contributed by atoms with Crippen molar-refractivity contribution in [2.45, 2.75) is 20.0 Å². The van der Waals surface area contributed by atoms with Crippen molar-refractivity contribution in [3.8, 4) is 5.88 Å². The lowest BCUT2D eigenvalue weighted by Gasteiger charge is -2.28. The minimum absolute atomic E-state index is 0.0233. The second kappa shape index (κ2) is 7.78. The smallest absolute Gasteiger partial charge is 0.243 e. The fourth-order valence-corrected chi connectivity index (χ4v) is 3.31. The third-order valence-electron chi connectivity index (χ3n) is 4.75. The average Bonchev–Trinajstić information content (AvgIpc) is 3.14. The van der Waals surface area contributed by atoms with E-state index in [1.54, 1.807) is 13.3 Å². The summed E-state index contributed by atoms with van der Waals surface area (Å²) in [5.41, 5.74) is 4.63. The van der Waals surface area contributed by atoms with Crippen LogP contribution in [0.2, 0.25) is 0 Å². The molecule has 0 radical (unpaired) electrons. The number of likely N-dealkylation sites (N-methyl/N-ethyl adjacent to an activating group) is 1. The van der Waals surface area contributed by atoms with Crippen molar-refractivity contribution in [1.82, 2.24) is 19.7 Å². The molecule has 4 heterocycles. The van der Waals surface area contributed by atoms with Crippen LogP contribution >= 0.6 is 0 Å². The maximum atomic E-state index is 11.7. The van der Waals surface area contributed by atoms with Crippen molar-refractivity contribution in [1.29, 1.82) is 0 Å². The first-order valence-electron chi connectivity index (χ1n) is 9.28. The fraction of sp³-hybridized carbons (Fsp3) is 0.300. The number of amides is 1. The number of methoxy groups -OCH3 is 1. The molecule has 29 heavy (non-hydrogen) atoms. The zero-order valence-electron chi connectivity index (χ0n) is 16.6. The molecular weight excluding hydrogens is 370 g/mol. The topological polar surface area (TPSA) is 97.2 Å². The van der Waals surface area contributed by atoms with Crippen LogP contribution in [-0.4, -0.2) is 46.4 Å². The Morgan fingerprint density at radius 2 is 2.17 bits per heavy atom. The van der Waals surface area contributed by atoms with Crippen molar-refractivity contribution in [3.05, 3.63) is 53.6 Å². The lowest BCUT2D eigenvalue weighted by atomic mass is 10.2. The van der Waals surface area contributed by atoms with Gasteiger partial charge in [-0.15, -0.1) is 0 Å². The predicted octanol–water partition coefficient (Wildman–Crippen LogP) is 2.04. The summed E-state index contributed by atoms with van der Waals surface area (Å²) < 4.78 is 7.04. The molecule has 0 aromatic carbocycles. The molecule has 150 valence electrons. The second-order valence-electron chi connectivity index (χ2n) is 7.00. The predicted molar refractivity (Wildman–Crippen MR) is 110 cm³/mol. The van der Waals surface area contributed by atoms with Gasteiger partial charge >= 0.3 is 0 Å². The molecule has 9 heteroatoms. The summed E-state index contributed by atoms with van der Waals surface area (Å²) in [6.45, 7) is 3.47. The number of carbonyl (C=O) groups is 1. The molecular formula is C20H23N7O2. The van der Waals surface area contributed by atoms with Gasteiger partial charge in [0.1, 0.15) is 5.82 Å². The van der Waals surface area contributed by atoms with Crippen LogP contribution in [0, 0.1) is 6.92 Å². The highest BCUT2D eigenvalue weighted by Gasteiger charge is 2.22. The van der Waals surface area contributed by atoms with Gasteiger partial charge in [-0.1, -0.05) is 0 Å². The quantitative estimate of drug-likeness (QED) is 0.661. The molecule has 0 aliphatic carbocycles. The van der Waals surface area contributed by atoms with Crippen LogP contribution in [0.3, 0.4) is 0 Å². The Bertz CT molecular complexity index is 1050. The summed E-state index contributed by atoms with van der Waals surface area (Å²) in [6.07, 6.45) is 5.56. The average molecular weight is 393 g/mol. The number of fused-ring (bicyclic) bond motifs is 1. The van der Waals surface area contributed by atoms with E-state index in [-0.39, 0.29) is 5.91 Å². The van der Waals surface area contributed by atoms with Crippen molar-refractivity contribution in [2.24, 2.45) is 0 Å². The third kappa shape index (κ3) is 4.13. The van der Waals surface area contributed by atoms with E-state index < -0.39 is 0 Å². The van der Waals surface area contributed by atoms with E-state index in [0.717, 1.165) is 34.0 Å². The number of aryl methyl sites for hydroxylation is 1. The van der Waals surface area contributed by atoms with Gasteiger partial charge in [-0.25, -0.2) is 9.97 Å². The number of anilines is 3. The fourth-order valence-electron chi connectivity index (χ4n) is 3.31. The molecule has 0 saturated carbocycles. The van der Waals surface area contributed by atoms with Gasteiger partial charge in [-0.2, -0.15) is 5.10 Å². The molecule has 3 aromatic heterocycles. The molecule has 0 atom stereocenters. The van der Waals surface area contributed by atoms with E-state index in [9.17, 15) is 4.79 Å². The van der Waals surface area contributed by atoms with E-state index in [2.05, 4.69) is 25.7 Å². The molecule has 0 unspecified atom stereocenters. The van der Waals surface area contributed by atoms with Gasteiger partial charge in [-0.3, -0.25) is 9.48 Å². The number of nitrogens with zero attached hydrogens (tertiary/aromatic N) is 5.